The monoisotopic (exact) mass is 290 g/mol. The van der Waals surface area contributed by atoms with Crippen molar-refractivity contribution in [1.82, 2.24) is 10.6 Å². The number of carbonyl (C=O) groups is 2. The molecule has 0 bridgehead atoms. The summed E-state index contributed by atoms with van der Waals surface area (Å²) in [5.74, 6) is -0.142. The first-order valence-electron chi connectivity index (χ1n) is 7.36. The first-order valence-corrected chi connectivity index (χ1v) is 7.36. The first kappa shape index (κ1) is 15.5. The third-order valence-corrected chi connectivity index (χ3v) is 3.86. The molecule has 0 aliphatic heterocycles. The second kappa shape index (κ2) is 7.22. The zero-order chi connectivity index (χ0) is 15.1. The summed E-state index contributed by atoms with van der Waals surface area (Å²) in [6, 6.07) is 9.01. The van der Waals surface area contributed by atoms with E-state index >= 15 is 0 Å². The molecule has 0 unspecified atom stereocenters. The Morgan fingerprint density at radius 1 is 1.14 bits per heavy atom. The fourth-order valence-corrected chi connectivity index (χ4v) is 2.08. The summed E-state index contributed by atoms with van der Waals surface area (Å²) >= 11 is 0. The third-order valence-electron chi connectivity index (χ3n) is 3.86. The molecule has 2 amide bonds. The van der Waals surface area contributed by atoms with Crippen LogP contribution in [0.15, 0.2) is 30.3 Å². The molecule has 3 N–H and O–H groups in total. The Kier molecular flexibility index (Phi) is 5.33. The molecule has 5 heteroatoms. The summed E-state index contributed by atoms with van der Waals surface area (Å²) in [6.45, 7) is 1.17. The van der Waals surface area contributed by atoms with E-state index in [2.05, 4.69) is 10.6 Å². The number of amides is 2. The highest BCUT2D eigenvalue weighted by atomic mass is 16.3. The van der Waals surface area contributed by atoms with Gasteiger partial charge in [0.05, 0.1) is 6.61 Å². The van der Waals surface area contributed by atoms with Crippen LogP contribution in [-0.4, -0.2) is 36.6 Å². The summed E-state index contributed by atoms with van der Waals surface area (Å²) in [6.07, 6.45) is 2.96. The van der Waals surface area contributed by atoms with Crippen molar-refractivity contribution < 1.29 is 14.7 Å². The van der Waals surface area contributed by atoms with Gasteiger partial charge in [-0.25, -0.2) is 0 Å². The van der Waals surface area contributed by atoms with Crippen LogP contribution in [0.1, 0.15) is 36.0 Å². The number of rotatable bonds is 8. The Balaban J connectivity index is 1.57. The molecule has 1 aromatic rings. The molecule has 1 fully saturated rings. The quantitative estimate of drug-likeness (QED) is 0.627. The van der Waals surface area contributed by atoms with Gasteiger partial charge in [-0.15, -0.1) is 0 Å². The van der Waals surface area contributed by atoms with Gasteiger partial charge in [-0.2, -0.15) is 0 Å². The molecule has 0 saturated heterocycles. The van der Waals surface area contributed by atoms with E-state index in [0.29, 0.717) is 31.5 Å². The van der Waals surface area contributed by atoms with Crippen LogP contribution >= 0.6 is 0 Å². The smallest absolute Gasteiger partial charge is 0.251 e. The SMILES string of the molecule is O=C(CCCNC(=O)c1ccccc1)NCC1(CO)CC1. The summed E-state index contributed by atoms with van der Waals surface area (Å²) in [7, 11) is 0. The minimum atomic E-state index is -0.117. The Morgan fingerprint density at radius 3 is 2.48 bits per heavy atom. The third kappa shape index (κ3) is 4.86. The largest absolute Gasteiger partial charge is 0.396 e. The van der Waals surface area contributed by atoms with Gasteiger partial charge >= 0.3 is 0 Å². The zero-order valence-corrected chi connectivity index (χ0v) is 12.1. The number of hydrogen-bond acceptors (Lipinski definition) is 3. The topological polar surface area (TPSA) is 78.4 Å². The van der Waals surface area contributed by atoms with E-state index in [9.17, 15) is 9.59 Å². The van der Waals surface area contributed by atoms with Crippen LogP contribution in [0, 0.1) is 5.41 Å². The molecule has 0 atom stereocenters. The molecule has 5 nitrogen and oxygen atoms in total. The predicted molar refractivity (Wildman–Crippen MR) is 79.8 cm³/mol. The van der Waals surface area contributed by atoms with Crippen molar-refractivity contribution in [3.8, 4) is 0 Å². The van der Waals surface area contributed by atoms with Crippen LogP contribution in [-0.2, 0) is 4.79 Å². The molecule has 1 aromatic carbocycles. The van der Waals surface area contributed by atoms with Crippen molar-refractivity contribution in [1.29, 1.82) is 0 Å². The lowest BCUT2D eigenvalue weighted by Gasteiger charge is -2.12. The summed E-state index contributed by atoms with van der Waals surface area (Å²) < 4.78 is 0. The molecule has 21 heavy (non-hydrogen) atoms. The Bertz CT molecular complexity index is 484. The highest BCUT2D eigenvalue weighted by molar-refractivity contribution is 5.94. The second-order valence-corrected chi connectivity index (χ2v) is 5.66. The molecule has 0 aromatic heterocycles. The van der Waals surface area contributed by atoms with Crippen molar-refractivity contribution in [3.63, 3.8) is 0 Å². The summed E-state index contributed by atoms with van der Waals surface area (Å²) in [5.41, 5.74) is 0.567. The van der Waals surface area contributed by atoms with Crippen LogP contribution in [0.25, 0.3) is 0 Å². The van der Waals surface area contributed by atoms with Crippen molar-refractivity contribution in [2.75, 3.05) is 19.7 Å². The van der Waals surface area contributed by atoms with E-state index in [4.69, 9.17) is 5.11 Å². The molecular weight excluding hydrogens is 268 g/mol. The van der Waals surface area contributed by atoms with E-state index in [0.717, 1.165) is 12.8 Å². The molecule has 0 radical (unpaired) electrons. The molecule has 0 spiro atoms. The summed E-state index contributed by atoms with van der Waals surface area (Å²) in [5, 5.41) is 14.8. The Hall–Kier alpha value is -1.88. The first-order chi connectivity index (χ1) is 10.2. The molecule has 114 valence electrons. The van der Waals surface area contributed by atoms with E-state index < -0.39 is 0 Å². The lowest BCUT2D eigenvalue weighted by atomic mass is 10.1. The average Bonchev–Trinajstić information content (AvgIpc) is 3.31. The fourth-order valence-electron chi connectivity index (χ4n) is 2.08. The number of aliphatic hydroxyl groups excluding tert-OH is 1. The zero-order valence-electron chi connectivity index (χ0n) is 12.1. The maximum Gasteiger partial charge on any atom is 0.251 e. The van der Waals surface area contributed by atoms with E-state index in [1.807, 2.05) is 18.2 Å². The second-order valence-electron chi connectivity index (χ2n) is 5.66. The minimum Gasteiger partial charge on any atom is -0.396 e. The molecule has 1 saturated carbocycles. The van der Waals surface area contributed by atoms with Gasteiger partial charge in [0.2, 0.25) is 5.91 Å². The molecule has 1 aliphatic rings. The van der Waals surface area contributed by atoms with Crippen LogP contribution in [0.2, 0.25) is 0 Å². The highest BCUT2D eigenvalue weighted by Gasteiger charge is 2.41. The van der Waals surface area contributed by atoms with Crippen LogP contribution in [0.4, 0.5) is 0 Å². The van der Waals surface area contributed by atoms with Crippen LogP contribution in [0.3, 0.4) is 0 Å². The van der Waals surface area contributed by atoms with Gasteiger partial charge in [0, 0.05) is 30.5 Å². The normalized spacial score (nSPS) is 15.3. The maximum atomic E-state index is 11.8. The van der Waals surface area contributed by atoms with Gasteiger partial charge in [-0.05, 0) is 31.4 Å². The molecular formula is C16H22N2O3. The van der Waals surface area contributed by atoms with Crippen LogP contribution < -0.4 is 10.6 Å². The number of nitrogens with one attached hydrogen (secondary N) is 2. The fraction of sp³-hybridized carbons (Fsp3) is 0.500. The van der Waals surface area contributed by atoms with Gasteiger partial charge < -0.3 is 15.7 Å². The van der Waals surface area contributed by atoms with Crippen molar-refractivity contribution >= 4 is 11.8 Å². The maximum absolute atomic E-state index is 11.8. The van der Waals surface area contributed by atoms with Crippen molar-refractivity contribution in [3.05, 3.63) is 35.9 Å². The van der Waals surface area contributed by atoms with E-state index in [1.165, 1.54) is 0 Å². The Morgan fingerprint density at radius 2 is 1.86 bits per heavy atom. The van der Waals surface area contributed by atoms with Gasteiger partial charge in [0.1, 0.15) is 0 Å². The molecule has 1 aliphatic carbocycles. The van der Waals surface area contributed by atoms with E-state index in [1.54, 1.807) is 12.1 Å². The Labute approximate surface area is 124 Å². The average molecular weight is 290 g/mol. The molecule has 0 heterocycles. The lowest BCUT2D eigenvalue weighted by Crippen LogP contribution is -2.32. The predicted octanol–water partition coefficient (Wildman–Crippen LogP) is 1.09. The minimum absolute atomic E-state index is 0.0244. The molecule has 2 rings (SSSR count). The number of benzene rings is 1. The standard InChI is InChI=1S/C16H22N2O3/c19-12-16(8-9-16)11-18-14(20)7-4-10-17-15(21)13-5-2-1-3-6-13/h1-3,5-6,19H,4,7-12H2,(H,17,21)(H,18,20). The van der Waals surface area contributed by atoms with Gasteiger partial charge in [0.15, 0.2) is 0 Å². The van der Waals surface area contributed by atoms with Gasteiger partial charge in [-0.1, -0.05) is 18.2 Å². The van der Waals surface area contributed by atoms with Gasteiger partial charge in [-0.3, -0.25) is 9.59 Å². The van der Waals surface area contributed by atoms with Crippen molar-refractivity contribution in [2.45, 2.75) is 25.7 Å². The lowest BCUT2D eigenvalue weighted by molar-refractivity contribution is -0.121. The van der Waals surface area contributed by atoms with Crippen LogP contribution in [0.5, 0.6) is 0 Å². The highest BCUT2D eigenvalue weighted by Crippen LogP contribution is 2.44. The number of aliphatic hydroxyl groups is 1. The summed E-state index contributed by atoms with van der Waals surface area (Å²) in [4.78, 5) is 23.4. The van der Waals surface area contributed by atoms with Gasteiger partial charge in [0.25, 0.3) is 5.91 Å². The number of carbonyl (C=O) groups excluding carboxylic acids is 2. The number of hydrogen-bond donors (Lipinski definition) is 3. The van der Waals surface area contributed by atoms with Crippen molar-refractivity contribution in [2.24, 2.45) is 5.41 Å². The van der Waals surface area contributed by atoms with E-state index in [-0.39, 0.29) is 23.8 Å².